The van der Waals surface area contributed by atoms with E-state index in [9.17, 15) is 14.5 Å². The zero-order valence-corrected chi connectivity index (χ0v) is 16.6. The van der Waals surface area contributed by atoms with Gasteiger partial charge >= 0.3 is 0 Å². The van der Waals surface area contributed by atoms with Crippen molar-refractivity contribution in [3.63, 3.8) is 0 Å². The smallest absolute Gasteiger partial charge is 0.261 e. The Balaban J connectivity index is 1.78. The Kier molecular flexibility index (Phi) is 6.23. The number of hydrogen-bond acceptors (Lipinski definition) is 5. The first-order valence-corrected chi connectivity index (χ1v) is 10.1. The van der Waals surface area contributed by atoms with Crippen molar-refractivity contribution in [1.29, 1.82) is 0 Å². The topological polar surface area (TPSA) is 84.2 Å². The fourth-order valence-electron chi connectivity index (χ4n) is 3.18. The number of halogens is 2. The highest BCUT2D eigenvalue weighted by Crippen LogP contribution is 2.26. The second-order valence-electron chi connectivity index (χ2n) is 6.25. The molecule has 0 amide bonds. The van der Waals surface area contributed by atoms with Gasteiger partial charge in [0, 0.05) is 10.5 Å². The Labute approximate surface area is 159 Å². The van der Waals surface area contributed by atoms with E-state index in [1.807, 2.05) is 0 Å². The average Bonchev–Trinajstić information content (AvgIpc) is 2.60. The Morgan fingerprint density at radius 2 is 2.32 bits per heavy atom. The van der Waals surface area contributed by atoms with Crippen molar-refractivity contribution in [2.75, 3.05) is 6.54 Å². The number of rotatable bonds is 5. The molecule has 0 spiro atoms. The van der Waals surface area contributed by atoms with Gasteiger partial charge in [-0.25, -0.2) is 4.98 Å². The Morgan fingerprint density at radius 3 is 3.08 bits per heavy atom. The number of aliphatic hydroxyl groups is 1. The number of piperidine rings is 1. The fraction of sp³-hybridized carbons (Fsp3) is 0.500. The SMILES string of the molecule is O=P[C@H]1CCCN[C@@H]1C[C@H](O)Cn1cnc2cc(Br)c(Cl)cc2c1=O. The molecule has 2 heterocycles. The molecule has 0 unspecified atom stereocenters. The maximum absolute atomic E-state index is 12.6. The predicted molar refractivity (Wildman–Crippen MR) is 102 cm³/mol. The minimum atomic E-state index is -0.734. The van der Waals surface area contributed by atoms with Gasteiger partial charge < -0.3 is 10.4 Å². The van der Waals surface area contributed by atoms with Crippen LogP contribution in [0.4, 0.5) is 0 Å². The van der Waals surface area contributed by atoms with E-state index >= 15 is 0 Å². The van der Waals surface area contributed by atoms with Crippen LogP contribution in [0.15, 0.2) is 27.7 Å². The van der Waals surface area contributed by atoms with E-state index in [4.69, 9.17) is 11.6 Å². The van der Waals surface area contributed by atoms with Gasteiger partial charge in [0.2, 0.25) is 0 Å². The quantitative estimate of drug-likeness (QED) is 0.690. The predicted octanol–water partition coefficient (Wildman–Crippen LogP) is 2.98. The minimum absolute atomic E-state index is 0.00556. The van der Waals surface area contributed by atoms with Gasteiger partial charge in [0.25, 0.3) is 5.56 Å². The summed E-state index contributed by atoms with van der Waals surface area (Å²) < 4.78 is 13.3. The molecule has 2 aromatic rings. The molecule has 0 radical (unpaired) electrons. The standard InChI is InChI=1S/C16H18BrClN3O3P/c17-11-6-13-10(5-12(11)18)16(23)21(8-20-13)7-9(22)4-14-15(25-24)2-1-3-19-14/h5-6,8-9,14-15,19,22H,1-4,7H2/t9-,14+,15-/m0/s1. The van der Waals surface area contributed by atoms with Crippen LogP contribution in [-0.4, -0.2) is 39.0 Å². The van der Waals surface area contributed by atoms with Crippen LogP contribution in [0.25, 0.3) is 10.9 Å². The highest BCUT2D eigenvalue weighted by Gasteiger charge is 2.27. The van der Waals surface area contributed by atoms with E-state index in [1.54, 1.807) is 12.1 Å². The van der Waals surface area contributed by atoms with E-state index < -0.39 is 6.10 Å². The maximum atomic E-state index is 12.6. The third kappa shape index (κ3) is 4.29. The summed E-state index contributed by atoms with van der Waals surface area (Å²) in [7, 11) is 0.0998. The molecule has 1 saturated heterocycles. The molecule has 2 N–H and O–H groups in total. The molecule has 9 heteroatoms. The Morgan fingerprint density at radius 1 is 1.52 bits per heavy atom. The zero-order chi connectivity index (χ0) is 18.0. The largest absolute Gasteiger partial charge is 0.391 e. The minimum Gasteiger partial charge on any atom is -0.391 e. The lowest BCUT2D eigenvalue weighted by Crippen LogP contribution is -2.45. The summed E-state index contributed by atoms with van der Waals surface area (Å²) >= 11 is 9.38. The molecule has 1 aliphatic rings. The monoisotopic (exact) mass is 445 g/mol. The number of hydrogen-bond donors (Lipinski definition) is 2. The fourth-order valence-corrected chi connectivity index (χ4v) is 4.34. The second kappa shape index (κ2) is 8.23. The number of fused-ring (bicyclic) bond motifs is 1. The Bertz CT molecular complexity index is 847. The van der Waals surface area contributed by atoms with Gasteiger partial charge in [0.05, 0.1) is 40.6 Å². The highest BCUT2D eigenvalue weighted by molar-refractivity contribution is 9.10. The molecule has 134 valence electrons. The van der Waals surface area contributed by atoms with E-state index in [0.717, 1.165) is 19.4 Å². The van der Waals surface area contributed by atoms with Gasteiger partial charge in [-0.05, 0) is 53.9 Å². The zero-order valence-electron chi connectivity index (χ0n) is 13.4. The molecule has 1 fully saturated rings. The first-order chi connectivity index (χ1) is 12.0. The van der Waals surface area contributed by atoms with Crippen molar-refractivity contribution in [2.45, 2.75) is 43.6 Å². The number of benzene rings is 1. The first kappa shape index (κ1) is 18.9. The van der Waals surface area contributed by atoms with Crippen LogP contribution in [0.3, 0.4) is 0 Å². The lowest BCUT2D eigenvalue weighted by Gasteiger charge is -2.30. The van der Waals surface area contributed by atoms with E-state index in [1.165, 1.54) is 10.9 Å². The summed E-state index contributed by atoms with van der Waals surface area (Å²) in [5.74, 6) is 0. The molecule has 0 bridgehead atoms. The van der Waals surface area contributed by atoms with Gasteiger partial charge in [0.1, 0.15) is 0 Å². The third-order valence-corrected chi connectivity index (χ3v) is 6.57. The van der Waals surface area contributed by atoms with E-state index in [0.29, 0.717) is 26.8 Å². The number of nitrogens with one attached hydrogen (secondary N) is 1. The highest BCUT2D eigenvalue weighted by atomic mass is 79.9. The molecule has 0 aliphatic carbocycles. The second-order valence-corrected chi connectivity index (χ2v) is 8.39. The number of aromatic nitrogens is 2. The van der Waals surface area contributed by atoms with Crippen LogP contribution in [-0.2, 0) is 11.1 Å². The van der Waals surface area contributed by atoms with Crippen molar-refractivity contribution in [1.82, 2.24) is 14.9 Å². The molecule has 0 saturated carbocycles. The van der Waals surface area contributed by atoms with Crippen LogP contribution in [0.1, 0.15) is 19.3 Å². The van der Waals surface area contributed by atoms with Crippen molar-refractivity contribution in [2.24, 2.45) is 0 Å². The molecular formula is C16H18BrClN3O3P. The molecule has 3 atom stereocenters. The molecule has 1 aliphatic heterocycles. The van der Waals surface area contributed by atoms with Crippen LogP contribution in [0.5, 0.6) is 0 Å². The third-order valence-electron chi connectivity index (χ3n) is 4.48. The van der Waals surface area contributed by atoms with Gasteiger partial charge in [-0.15, -0.1) is 0 Å². The lowest BCUT2D eigenvalue weighted by atomic mass is 9.98. The molecular weight excluding hydrogens is 429 g/mol. The van der Waals surface area contributed by atoms with Crippen LogP contribution >= 0.6 is 36.0 Å². The molecule has 6 nitrogen and oxygen atoms in total. The van der Waals surface area contributed by atoms with E-state index in [-0.39, 0.29) is 32.3 Å². The van der Waals surface area contributed by atoms with Gasteiger partial charge in [-0.3, -0.25) is 13.9 Å². The Hall–Kier alpha value is -0.850. The first-order valence-electron chi connectivity index (χ1n) is 8.07. The summed E-state index contributed by atoms with van der Waals surface area (Å²) in [4.78, 5) is 16.9. The van der Waals surface area contributed by atoms with Gasteiger partial charge in [0.15, 0.2) is 8.46 Å². The normalized spacial score (nSPS) is 22.4. The summed E-state index contributed by atoms with van der Waals surface area (Å²) in [6.07, 6.45) is 3.00. The number of nitrogens with zero attached hydrogens (tertiary/aromatic N) is 2. The number of aliphatic hydroxyl groups excluding tert-OH is 1. The van der Waals surface area contributed by atoms with Crippen molar-refractivity contribution < 1.29 is 9.67 Å². The molecule has 3 rings (SSSR count). The van der Waals surface area contributed by atoms with Crippen LogP contribution in [0, 0.1) is 0 Å². The van der Waals surface area contributed by atoms with Gasteiger partial charge in [-0.1, -0.05) is 11.6 Å². The lowest BCUT2D eigenvalue weighted by molar-refractivity contribution is 0.124. The van der Waals surface area contributed by atoms with Crippen LogP contribution in [0.2, 0.25) is 5.02 Å². The average molecular weight is 447 g/mol. The molecule has 1 aromatic heterocycles. The summed E-state index contributed by atoms with van der Waals surface area (Å²) in [6.45, 7) is 0.990. The van der Waals surface area contributed by atoms with Crippen molar-refractivity contribution >= 4 is 46.9 Å². The van der Waals surface area contributed by atoms with Gasteiger partial charge in [-0.2, -0.15) is 0 Å². The summed E-state index contributed by atoms with van der Waals surface area (Å²) in [6, 6.07) is 3.26. The summed E-state index contributed by atoms with van der Waals surface area (Å²) in [5.41, 5.74) is 0.311. The van der Waals surface area contributed by atoms with Crippen LogP contribution < -0.4 is 10.9 Å². The van der Waals surface area contributed by atoms with Crippen molar-refractivity contribution in [3.05, 3.63) is 38.3 Å². The van der Waals surface area contributed by atoms with E-state index in [2.05, 4.69) is 26.2 Å². The van der Waals surface area contributed by atoms with Crippen molar-refractivity contribution in [3.8, 4) is 0 Å². The molecule has 1 aromatic carbocycles. The summed E-state index contributed by atoms with van der Waals surface area (Å²) in [5, 5.41) is 14.5. The molecule has 25 heavy (non-hydrogen) atoms. The maximum Gasteiger partial charge on any atom is 0.261 e.